The molecule has 0 radical (unpaired) electrons. The minimum Gasteiger partial charge on any atom is 8.00 e. The minimum atomic E-state index is -10.7. The molecule has 276 valence electrons. The van der Waals surface area contributed by atoms with Crippen LogP contribution >= 0.6 is 15.6 Å². The maximum Gasteiger partial charge on any atom is 8.00 e. The quantitative estimate of drug-likeness (QED) is 0.131. The normalized spacial score (nSPS) is 24.2. The van der Waals surface area contributed by atoms with Crippen molar-refractivity contribution < 1.29 is 69.8 Å². The molecule has 23 heteroatoms. The summed E-state index contributed by atoms with van der Waals surface area (Å²) in [5.74, 6) is 1.11. The molecule has 8 nitrogen and oxygen atoms in total. The Bertz CT molecular complexity index is 1420. The van der Waals surface area contributed by atoms with Gasteiger partial charge in [-0.2, -0.15) is 47.6 Å². The second-order valence-electron chi connectivity index (χ2n) is 8.92. The number of halogens is 12. The van der Waals surface area contributed by atoms with E-state index >= 15 is 0 Å². The molecule has 0 aromatic carbocycles. The predicted molar refractivity (Wildman–Crippen MR) is 177 cm³/mol. The number of hydrogen-bond donors (Lipinski definition) is 0. The molecule has 0 aromatic heterocycles. The van der Waals surface area contributed by atoms with Crippen LogP contribution in [-0.4, -0.2) is 12.4 Å². The van der Waals surface area contributed by atoms with Gasteiger partial charge < -0.3 is 41.9 Å². The van der Waals surface area contributed by atoms with Crippen molar-refractivity contribution in [2.75, 3.05) is 0 Å². The Morgan fingerprint density at radius 1 is 0.333 bits per heavy atom. The van der Waals surface area contributed by atoms with Crippen molar-refractivity contribution in [3.8, 4) is 0 Å². The molecule has 0 bridgehead atoms. The van der Waals surface area contributed by atoms with E-state index in [9.17, 15) is 50.4 Å². The van der Waals surface area contributed by atoms with E-state index in [2.05, 4.69) is 41.9 Å². The van der Waals surface area contributed by atoms with Crippen LogP contribution in [0.25, 0.3) is 31.9 Å². The van der Waals surface area contributed by atoms with Crippen LogP contribution in [0, 0.1) is 0 Å². The summed E-state index contributed by atoms with van der Waals surface area (Å²) in [5.41, 5.74) is 3.66. The van der Waals surface area contributed by atoms with Gasteiger partial charge >= 0.3 is 85.5 Å². The molecule has 0 unspecified atom stereocenters. The second kappa shape index (κ2) is 16.6. The van der Waals surface area contributed by atoms with E-state index in [0.717, 1.165) is 22.8 Å². The Hall–Kier alpha value is -4.60. The van der Waals surface area contributed by atoms with Crippen molar-refractivity contribution >= 4 is 28.0 Å². The van der Waals surface area contributed by atoms with Crippen LogP contribution in [0.5, 0.6) is 0 Å². The monoisotopic (exact) mass is 862 g/mol. The Morgan fingerprint density at radius 3 is 0.706 bits per heavy atom. The first-order valence-electron chi connectivity index (χ1n) is 13.1. The summed E-state index contributed by atoms with van der Waals surface area (Å²) >= 11 is 0. The predicted octanol–water partition coefficient (Wildman–Crippen LogP) is 15.0. The van der Waals surface area contributed by atoms with Crippen LogP contribution in [-0.2, 0) is 19.5 Å². The van der Waals surface area contributed by atoms with Crippen molar-refractivity contribution in [2.45, 2.75) is 0 Å². The fourth-order valence-corrected chi connectivity index (χ4v) is 2.89. The van der Waals surface area contributed by atoms with Crippen LogP contribution in [0.15, 0.2) is 167 Å². The Morgan fingerprint density at radius 2 is 0.549 bits per heavy atom. The molecular weight excluding hydrogens is 839 g/mol. The third-order valence-electron chi connectivity index (χ3n) is 4.52. The zero-order chi connectivity index (χ0) is 37.5. The van der Waals surface area contributed by atoms with Gasteiger partial charge in [-0.15, -0.1) is 0 Å². The van der Waals surface area contributed by atoms with E-state index in [1.165, 1.54) is 0 Å². The van der Waals surface area contributed by atoms with E-state index < -0.39 is 15.6 Å². The van der Waals surface area contributed by atoms with E-state index in [1.54, 1.807) is 61.8 Å². The smallest absolute Gasteiger partial charge is 8.00 e. The van der Waals surface area contributed by atoms with E-state index in [4.69, 9.17) is 0 Å². The van der Waals surface area contributed by atoms with E-state index in [1.807, 2.05) is 72.9 Å². The molecule has 6 aliphatic heterocycles. The van der Waals surface area contributed by atoms with Gasteiger partial charge in [-0.25, -0.2) is 0 Å². The van der Waals surface area contributed by atoms with E-state index in [-0.39, 0.29) is 19.5 Å². The summed E-state index contributed by atoms with van der Waals surface area (Å²) in [7, 11) is -21.3. The summed E-state index contributed by atoms with van der Waals surface area (Å²) in [6, 6.07) is 0. The fraction of sp³-hybridized carbons (Fsp3) is 0. The van der Waals surface area contributed by atoms with Gasteiger partial charge in [0.05, 0.1) is 0 Å². The number of nitrogens with zero attached hydrogens (tertiary/aromatic N) is 8. The summed E-state index contributed by atoms with van der Waals surface area (Å²) in [6.45, 7) is 0. The summed E-state index contributed by atoms with van der Waals surface area (Å²) in [4.78, 5) is 8.03. The van der Waals surface area contributed by atoms with Crippen molar-refractivity contribution in [3.63, 3.8) is 0 Å². The Labute approximate surface area is 296 Å². The standard InChI is InChI=1S/2C10H8N2.C8H6N4.2F6P.Ru/c2*1-3-7-11-9(5-1)10-6-2-4-8-12-10;1-3-9-7(10-4-1)8-11-5-2-6-12-8;2*1-7(2,3,4,5)6;/h2*1-8H;1-6H;;;/q3*-2;2*-1;+8/b2*10-9-;;;;. The summed E-state index contributed by atoms with van der Waals surface area (Å²) in [6.07, 6.45) is 40.4. The van der Waals surface area contributed by atoms with Crippen LogP contribution in [0.1, 0.15) is 0 Å². The number of rotatable bonds is 0. The largest absolute Gasteiger partial charge is 8.00 e. The van der Waals surface area contributed by atoms with Crippen LogP contribution in [0.4, 0.5) is 50.4 Å². The zero-order valence-corrected chi connectivity index (χ0v) is 28.6. The minimum absolute atomic E-state index is 0. The van der Waals surface area contributed by atoms with Gasteiger partial charge in [-0.05, 0) is 0 Å². The molecule has 0 aliphatic carbocycles. The molecule has 0 atom stereocenters. The third-order valence-corrected chi connectivity index (χ3v) is 4.52. The molecular formula is C28H22F12N8P2Ru. The summed E-state index contributed by atoms with van der Waals surface area (Å²) < 4.78 is 118. The van der Waals surface area contributed by atoms with Gasteiger partial charge in [0.1, 0.15) is 0 Å². The Balaban J connectivity index is 0.000000325. The second-order valence-corrected chi connectivity index (χ2v) is 12.8. The zero-order valence-electron chi connectivity index (χ0n) is 25.1. The van der Waals surface area contributed by atoms with E-state index in [0.29, 0.717) is 11.6 Å². The Kier molecular flexibility index (Phi) is 14.5. The average Bonchev–Trinajstić information content (AvgIpc) is 3.05. The van der Waals surface area contributed by atoms with Gasteiger partial charge in [0.15, 0.2) is 0 Å². The molecule has 51 heavy (non-hydrogen) atoms. The van der Waals surface area contributed by atoms with Crippen molar-refractivity contribution in [1.82, 2.24) is 0 Å². The summed E-state index contributed by atoms with van der Waals surface area (Å²) in [5, 5.41) is 24.8. The van der Waals surface area contributed by atoms with Gasteiger partial charge in [0.2, 0.25) is 0 Å². The molecule has 6 heterocycles. The van der Waals surface area contributed by atoms with Crippen molar-refractivity contribution in [2.24, 2.45) is 9.98 Å². The first kappa shape index (κ1) is 44.4. The maximum absolute atomic E-state index is 10.7. The molecule has 0 N–H and O–H groups in total. The molecule has 0 saturated carbocycles. The number of hydrogen-bond acceptors (Lipinski definition) is 2. The molecule has 0 saturated heterocycles. The van der Waals surface area contributed by atoms with Crippen LogP contribution < -0.4 is 0 Å². The van der Waals surface area contributed by atoms with Gasteiger partial charge in [0, 0.05) is 0 Å². The van der Waals surface area contributed by atoms with Crippen LogP contribution in [0.3, 0.4) is 0 Å². The SMILES string of the molecule is C1=C[N-]/C(=C2/C=CC=C[N-]2)C=C1.C1=C[N-]/C(=C2/C=CC=C[N-]2)C=C1.C1=C[N-]/C(=C2/N=CC=C[N-]2)N=C1.F[P-](F)(F)(F)(F)F.F[P-](F)(F)(F)(F)F.[Ru+8]. The molecule has 0 aromatic rings. The molecule has 0 amide bonds. The first-order chi connectivity index (χ1) is 22.8. The molecule has 6 rings (SSSR count). The molecule has 6 aliphatic rings. The average molecular weight is 862 g/mol. The molecule has 0 spiro atoms. The number of aliphatic imine (C=N–C) groups is 2. The molecule has 0 fully saturated rings. The maximum atomic E-state index is 9.87. The topological polar surface area (TPSA) is 109 Å². The van der Waals surface area contributed by atoms with Gasteiger partial charge in [-0.1, -0.05) is 122 Å². The van der Waals surface area contributed by atoms with Crippen molar-refractivity contribution in [1.29, 1.82) is 0 Å². The first-order valence-corrected chi connectivity index (χ1v) is 17.2. The van der Waals surface area contributed by atoms with Crippen LogP contribution in [0.2, 0.25) is 0 Å². The third kappa shape index (κ3) is 27.9. The van der Waals surface area contributed by atoms with Gasteiger partial charge in [0.25, 0.3) is 0 Å². The van der Waals surface area contributed by atoms with Crippen molar-refractivity contribution in [3.05, 3.63) is 189 Å². The van der Waals surface area contributed by atoms with Gasteiger partial charge in [-0.3, -0.25) is 0 Å². The fourth-order valence-electron chi connectivity index (χ4n) is 2.89. The number of allylic oxidation sites excluding steroid dienone is 14.